The Balaban J connectivity index is 2.58. The van der Waals surface area contributed by atoms with Gasteiger partial charge in [-0.25, -0.2) is 4.79 Å². The van der Waals surface area contributed by atoms with Crippen LogP contribution in [0.1, 0.15) is 36.7 Å². The second kappa shape index (κ2) is 5.53. The Bertz CT molecular complexity index is 621. The molecule has 7 heteroatoms. The summed E-state index contributed by atoms with van der Waals surface area (Å²) in [6, 6.07) is 1.77. The molecule has 0 spiro atoms. The van der Waals surface area contributed by atoms with Gasteiger partial charge in [0.1, 0.15) is 15.6 Å². The molecule has 2 rings (SSSR count). The van der Waals surface area contributed by atoms with Gasteiger partial charge in [0.05, 0.1) is 4.34 Å². The van der Waals surface area contributed by atoms with Crippen molar-refractivity contribution in [3.63, 3.8) is 0 Å². The fourth-order valence-electron chi connectivity index (χ4n) is 1.66. The zero-order valence-electron chi connectivity index (χ0n) is 10.4. The molecule has 0 amide bonds. The summed E-state index contributed by atoms with van der Waals surface area (Å²) in [6.45, 7) is 3.99. The van der Waals surface area contributed by atoms with Crippen LogP contribution in [-0.4, -0.2) is 20.9 Å². The molecule has 0 aliphatic carbocycles. The molecule has 0 radical (unpaired) electrons. The lowest BCUT2D eigenvalue weighted by Gasteiger charge is -2.07. The summed E-state index contributed by atoms with van der Waals surface area (Å²) in [4.78, 5) is 11.3. The van der Waals surface area contributed by atoms with Crippen LogP contribution in [0.4, 0.5) is 0 Å². The van der Waals surface area contributed by atoms with Crippen molar-refractivity contribution >= 4 is 40.5 Å². The average molecular weight is 319 g/mol. The number of aromatic carboxylic acids is 1. The van der Waals surface area contributed by atoms with Crippen molar-refractivity contribution in [1.82, 2.24) is 9.78 Å². The van der Waals surface area contributed by atoms with Gasteiger partial charge in [-0.3, -0.25) is 4.68 Å². The van der Waals surface area contributed by atoms with E-state index in [1.165, 1.54) is 17.5 Å². The van der Waals surface area contributed by atoms with Crippen molar-refractivity contribution in [3.05, 3.63) is 26.5 Å². The summed E-state index contributed by atoms with van der Waals surface area (Å²) >= 11 is 13.2. The molecule has 4 nitrogen and oxygen atoms in total. The monoisotopic (exact) mass is 318 g/mol. The predicted octanol–water partition coefficient (Wildman–Crippen LogP) is 4.59. The van der Waals surface area contributed by atoms with Crippen LogP contribution in [0.15, 0.2) is 12.3 Å². The van der Waals surface area contributed by atoms with Gasteiger partial charge in [0.15, 0.2) is 0 Å². The van der Waals surface area contributed by atoms with Gasteiger partial charge < -0.3 is 5.11 Å². The molecule has 19 heavy (non-hydrogen) atoms. The molecule has 0 aliphatic heterocycles. The lowest BCUT2D eigenvalue weighted by atomic mass is 10.1. The van der Waals surface area contributed by atoms with Crippen molar-refractivity contribution in [2.75, 3.05) is 0 Å². The van der Waals surface area contributed by atoms with E-state index in [9.17, 15) is 9.90 Å². The van der Waals surface area contributed by atoms with Gasteiger partial charge in [-0.1, -0.05) is 30.1 Å². The van der Waals surface area contributed by atoms with Crippen LogP contribution in [0, 0.1) is 0 Å². The molecule has 0 fully saturated rings. The van der Waals surface area contributed by atoms with E-state index >= 15 is 0 Å². The Morgan fingerprint density at radius 1 is 1.58 bits per heavy atom. The fraction of sp³-hybridized carbons (Fsp3) is 0.333. The molecule has 2 aromatic heterocycles. The van der Waals surface area contributed by atoms with E-state index in [-0.39, 0.29) is 11.6 Å². The predicted molar refractivity (Wildman–Crippen MR) is 77.5 cm³/mol. The highest BCUT2D eigenvalue weighted by Crippen LogP contribution is 2.39. The van der Waals surface area contributed by atoms with E-state index in [0.717, 1.165) is 6.42 Å². The Hall–Kier alpha value is -1.04. The normalized spacial score (nSPS) is 12.6. The smallest absolute Gasteiger partial charge is 0.339 e. The molecule has 0 aliphatic rings. The number of hydrogen-bond acceptors (Lipinski definition) is 3. The molecule has 102 valence electrons. The van der Waals surface area contributed by atoms with E-state index in [4.69, 9.17) is 23.2 Å². The van der Waals surface area contributed by atoms with E-state index in [1.54, 1.807) is 10.7 Å². The molecule has 0 saturated heterocycles. The second-order valence-corrected chi connectivity index (χ2v) is 6.46. The second-order valence-electron chi connectivity index (χ2n) is 4.17. The fourth-order valence-corrected chi connectivity index (χ4v) is 3.13. The standard InChI is InChI=1S/C12H12Cl2N2O2S/c1-3-6(2)16-5-8(12(17)18)10(15-16)7-4-9(13)19-11(7)14/h4-6H,3H2,1-2H3,(H,17,18). The summed E-state index contributed by atoms with van der Waals surface area (Å²) in [5, 5.41) is 13.6. The average Bonchev–Trinajstić information content (AvgIpc) is 2.91. The Kier molecular flexibility index (Phi) is 4.18. The number of carboxylic acid groups (broad SMARTS) is 1. The van der Waals surface area contributed by atoms with Gasteiger partial charge in [0, 0.05) is 17.8 Å². The highest BCUT2D eigenvalue weighted by Gasteiger charge is 2.22. The van der Waals surface area contributed by atoms with Crippen molar-refractivity contribution < 1.29 is 9.90 Å². The van der Waals surface area contributed by atoms with Crippen LogP contribution in [-0.2, 0) is 0 Å². The Morgan fingerprint density at radius 2 is 2.26 bits per heavy atom. The molecule has 1 N–H and O–H groups in total. The number of carboxylic acids is 1. The minimum Gasteiger partial charge on any atom is -0.478 e. The molecule has 2 aromatic rings. The minimum atomic E-state index is -1.03. The van der Waals surface area contributed by atoms with Gasteiger partial charge in [0.2, 0.25) is 0 Å². The van der Waals surface area contributed by atoms with Crippen LogP contribution in [0.3, 0.4) is 0 Å². The third-order valence-electron chi connectivity index (χ3n) is 2.92. The minimum absolute atomic E-state index is 0.125. The van der Waals surface area contributed by atoms with Gasteiger partial charge in [-0.15, -0.1) is 11.3 Å². The van der Waals surface area contributed by atoms with Gasteiger partial charge in [0.25, 0.3) is 0 Å². The van der Waals surface area contributed by atoms with E-state index in [2.05, 4.69) is 5.10 Å². The third-order valence-corrected chi connectivity index (χ3v) is 4.40. The van der Waals surface area contributed by atoms with E-state index in [0.29, 0.717) is 19.9 Å². The largest absolute Gasteiger partial charge is 0.478 e. The number of nitrogens with zero attached hydrogens (tertiary/aromatic N) is 2. The molecule has 0 aromatic carbocycles. The SMILES string of the molecule is CCC(C)n1cc(C(=O)O)c(-c2cc(Cl)sc2Cl)n1. The van der Waals surface area contributed by atoms with Crippen LogP contribution >= 0.6 is 34.5 Å². The number of hydrogen-bond donors (Lipinski definition) is 1. The summed E-state index contributed by atoms with van der Waals surface area (Å²) in [5.74, 6) is -1.03. The summed E-state index contributed by atoms with van der Waals surface area (Å²) in [5.41, 5.74) is 1.06. The zero-order chi connectivity index (χ0) is 14.2. The first-order valence-electron chi connectivity index (χ1n) is 5.71. The molecule has 0 bridgehead atoms. The maximum absolute atomic E-state index is 11.3. The van der Waals surface area contributed by atoms with Crippen molar-refractivity contribution in [1.29, 1.82) is 0 Å². The number of halogens is 2. The first kappa shape index (κ1) is 14.4. The highest BCUT2D eigenvalue weighted by molar-refractivity contribution is 7.20. The van der Waals surface area contributed by atoms with Crippen LogP contribution in [0.25, 0.3) is 11.3 Å². The topological polar surface area (TPSA) is 55.1 Å². The molecular weight excluding hydrogens is 307 g/mol. The quantitative estimate of drug-likeness (QED) is 0.897. The Morgan fingerprint density at radius 3 is 2.74 bits per heavy atom. The molecule has 1 atom stereocenters. The van der Waals surface area contributed by atoms with Gasteiger partial charge >= 0.3 is 5.97 Å². The van der Waals surface area contributed by atoms with Crippen molar-refractivity contribution in [2.45, 2.75) is 26.3 Å². The summed E-state index contributed by atoms with van der Waals surface area (Å²) in [6.07, 6.45) is 2.39. The van der Waals surface area contributed by atoms with Crippen LogP contribution in [0.5, 0.6) is 0 Å². The van der Waals surface area contributed by atoms with Gasteiger partial charge in [-0.2, -0.15) is 5.10 Å². The molecule has 2 heterocycles. The van der Waals surface area contributed by atoms with Crippen molar-refractivity contribution in [2.24, 2.45) is 0 Å². The summed E-state index contributed by atoms with van der Waals surface area (Å²) < 4.78 is 2.61. The van der Waals surface area contributed by atoms with Crippen LogP contribution < -0.4 is 0 Å². The number of thiophene rings is 1. The number of rotatable bonds is 4. The number of aromatic nitrogens is 2. The van der Waals surface area contributed by atoms with Crippen molar-refractivity contribution in [3.8, 4) is 11.3 Å². The maximum Gasteiger partial charge on any atom is 0.339 e. The Labute approximate surface area is 124 Å². The zero-order valence-corrected chi connectivity index (χ0v) is 12.7. The van der Waals surface area contributed by atoms with E-state index in [1.807, 2.05) is 13.8 Å². The highest BCUT2D eigenvalue weighted by atomic mass is 35.5. The maximum atomic E-state index is 11.3. The lowest BCUT2D eigenvalue weighted by molar-refractivity contribution is 0.0697. The molecule has 0 saturated carbocycles. The molecule has 1 unspecified atom stereocenters. The van der Waals surface area contributed by atoms with E-state index < -0.39 is 5.97 Å². The lowest BCUT2D eigenvalue weighted by Crippen LogP contribution is -2.04. The van der Waals surface area contributed by atoms with Crippen LogP contribution in [0.2, 0.25) is 8.67 Å². The van der Waals surface area contributed by atoms with Gasteiger partial charge in [-0.05, 0) is 19.4 Å². The first-order valence-corrected chi connectivity index (χ1v) is 7.29. The molecular formula is C12H12Cl2N2O2S. The number of carbonyl (C=O) groups is 1. The summed E-state index contributed by atoms with van der Waals surface area (Å²) in [7, 11) is 0. The third kappa shape index (κ3) is 2.78. The first-order chi connectivity index (χ1) is 8.93.